The van der Waals surface area contributed by atoms with E-state index in [-0.39, 0.29) is 36.4 Å². The fourth-order valence-corrected chi connectivity index (χ4v) is 2.62. The van der Waals surface area contributed by atoms with Crippen molar-refractivity contribution in [1.29, 1.82) is 0 Å². The molecule has 0 amide bonds. The van der Waals surface area contributed by atoms with E-state index in [1.54, 1.807) is 26.4 Å². The Kier molecular flexibility index (Phi) is 11.5. The maximum atomic E-state index is 13.7. The molecular weight excluding hydrogens is 472 g/mol. The van der Waals surface area contributed by atoms with Crippen LogP contribution in [0.5, 0.6) is 5.75 Å². The van der Waals surface area contributed by atoms with Crippen LogP contribution in [-0.4, -0.2) is 33.3 Å². The summed E-state index contributed by atoms with van der Waals surface area (Å²) >= 11 is 0. The summed E-state index contributed by atoms with van der Waals surface area (Å²) in [5, 5.41) is 6.56. The lowest BCUT2D eigenvalue weighted by molar-refractivity contribution is 0.181. The number of hydrogen-bond donors (Lipinski definition) is 2. The van der Waals surface area contributed by atoms with Gasteiger partial charge in [0.25, 0.3) is 0 Å². The number of nitrogens with one attached hydrogen (secondary N) is 2. The summed E-state index contributed by atoms with van der Waals surface area (Å²) in [4.78, 5) is 4.58. The van der Waals surface area contributed by atoms with Gasteiger partial charge in [-0.15, -0.1) is 24.0 Å². The Morgan fingerprint density at radius 3 is 2.39 bits per heavy atom. The fourth-order valence-electron chi connectivity index (χ4n) is 2.62. The van der Waals surface area contributed by atoms with Crippen LogP contribution >= 0.6 is 24.0 Å². The van der Waals surface area contributed by atoms with Crippen LogP contribution in [0.3, 0.4) is 0 Å². The first-order valence-electron chi connectivity index (χ1n) is 9.07. The third-order valence-electron chi connectivity index (χ3n) is 4.04. The molecule has 0 bridgehead atoms. The van der Waals surface area contributed by atoms with Gasteiger partial charge in [0.15, 0.2) is 5.96 Å². The average Bonchev–Trinajstić information content (AvgIpc) is 2.69. The van der Waals surface area contributed by atoms with E-state index in [1.165, 1.54) is 11.6 Å². The van der Waals surface area contributed by atoms with Crippen LogP contribution < -0.4 is 15.4 Å². The Morgan fingerprint density at radius 1 is 1.04 bits per heavy atom. The van der Waals surface area contributed by atoms with Gasteiger partial charge in [0, 0.05) is 25.8 Å². The molecule has 0 aliphatic rings. The molecule has 0 radical (unpaired) electrons. The molecule has 0 atom stereocenters. The first-order chi connectivity index (χ1) is 13.2. The summed E-state index contributed by atoms with van der Waals surface area (Å²) in [5.41, 5.74) is 2.71. The SMILES string of the molecule is CCNC(=NCc1ccc(F)c(COC)c1)NCCc1ccc(OC)cc1.I. The molecule has 0 unspecified atom stereocenters. The Hall–Kier alpha value is -1.87. The zero-order valence-electron chi connectivity index (χ0n) is 16.6. The molecule has 154 valence electrons. The second-order valence-electron chi connectivity index (χ2n) is 6.08. The van der Waals surface area contributed by atoms with Gasteiger partial charge in [-0.25, -0.2) is 9.38 Å². The molecule has 2 N–H and O–H groups in total. The van der Waals surface area contributed by atoms with Gasteiger partial charge in [-0.3, -0.25) is 0 Å². The second-order valence-corrected chi connectivity index (χ2v) is 6.08. The quantitative estimate of drug-likeness (QED) is 0.311. The average molecular weight is 501 g/mol. The van der Waals surface area contributed by atoms with E-state index in [0.717, 1.165) is 36.8 Å². The topological polar surface area (TPSA) is 54.9 Å². The van der Waals surface area contributed by atoms with Crippen molar-refractivity contribution < 1.29 is 13.9 Å². The van der Waals surface area contributed by atoms with E-state index in [2.05, 4.69) is 27.8 Å². The number of methoxy groups -OCH3 is 2. The largest absolute Gasteiger partial charge is 0.497 e. The van der Waals surface area contributed by atoms with Gasteiger partial charge in [-0.05, 0) is 48.7 Å². The maximum absolute atomic E-state index is 13.7. The number of nitrogens with zero attached hydrogens (tertiary/aromatic N) is 1. The lowest BCUT2D eigenvalue weighted by atomic mass is 10.1. The molecule has 0 saturated carbocycles. The molecule has 0 heterocycles. The molecule has 0 spiro atoms. The minimum atomic E-state index is -0.255. The predicted octanol–water partition coefficient (Wildman–Crippen LogP) is 3.90. The third kappa shape index (κ3) is 8.02. The summed E-state index contributed by atoms with van der Waals surface area (Å²) in [6.07, 6.45) is 0.878. The minimum Gasteiger partial charge on any atom is -0.497 e. The van der Waals surface area contributed by atoms with Crippen molar-refractivity contribution >= 4 is 29.9 Å². The fraction of sp³-hybridized carbons (Fsp3) is 0.381. The Morgan fingerprint density at radius 2 is 1.75 bits per heavy atom. The van der Waals surface area contributed by atoms with Crippen LogP contribution in [0.25, 0.3) is 0 Å². The minimum absolute atomic E-state index is 0. The summed E-state index contributed by atoms with van der Waals surface area (Å²) in [6.45, 7) is 4.27. The zero-order valence-corrected chi connectivity index (χ0v) is 19.0. The first-order valence-corrected chi connectivity index (χ1v) is 9.07. The molecule has 0 saturated heterocycles. The molecular formula is C21H29FIN3O2. The number of aliphatic imine (C=N–C) groups is 1. The number of ether oxygens (including phenoxy) is 2. The predicted molar refractivity (Wildman–Crippen MR) is 122 cm³/mol. The van der Waals surface area contributed by atoms with Crippen LogP contribution in [0, 0.1) is 5.82 Å². The normalized spacial score (nSPS) is 10.9. The van der Waals surface area contributed by atoms with Crippen LogP contribution in [0.15, 0.2) is 47.5 Å². The summed E-state index contributed by atoms with van der Waals surface area (Å²) in [6, 6.07) is 13.0. The standard InChI is InChI=1S/C21H28FN3O2.HI/c1-4-23-21(24-12-11-16-5-8-19(27-3)9-6-16)25-14-17-7-10-20(22)18(13-17)15-26-2;/h5-10,13H,4,11-12,14-15H2,1-3H3,(H2,23,24,25);1H. The number of guanidine groups is 1. The van der Waals surface area contributed by atoms with Crippen molar-refractivity contribution in [2.45, 2.75) is 26.5 Å². The summed E-state index contributed by atoms with van der Waals surface area (Å²) < 4.78 is 23.9. The smallest absolute Gasteiger partial charge is 0.191 e. The Balaban J connectivity index is 0.00000392. The molecule has 0 aromatic heterocycles. The Labute approximate surface area is 183 Å². The molecule has 0 fully saturated rings. The summed E-state index contributed by atoms with van der Waals surface area (Å²) in [7, 11) is 3.22. The van der Waals surface area contributed by atoms with Gasteiger partial charge in [-0.1, -0.05) is 18.2 Å². The van der Waals surface area contributed by atoms with Gasteiger partial charge in [0.05, 0.1) is 20.3 Å². The van der Waals surface area contributed by atoms with E-state index >= 15 is 0 Å². The van der Waals surface area contributed by atoms with Gasteiger partial charge in [0.2, 0.25) is 0 Å². The highest BCUT2D eigenvalue weighted by atomic mass is 127. The van der Waals surface area contributed by atoms with Gasteiger partial charge >= 0.3 is 0 Å². The van der Waals surface area contributed by atoms with E-state index in [0.29, 0.717) is 12.1 Å². The number of benzene rings is 2. The highest BCUT2D eigenvalue weighted by molar-refractivity contribution is 14.0. The van der Waals surface area contributed by atoms with Crippen LogP contribution in [-0.2, 0) is 24.3 Å². The number of halogens is 2. The van der Waals surface area contributed by atoms with E-state index < -0.39 is 0 Å². The van der Waals surface area contributed by atoms with E-state index in [1.807, 2.05) is 19.1 Å². The third-order valence-corrected chi connectivity index (χ3v) is 4.04. The number of rotatable bonds is 9. The number of hydrogen-bond acceptors (Lipinski definition) is 3. The van der Waals surface area contributed by atoms with E-state index in [9.17, 15) is 4.39 Å². The lowest BCUT2D eigenvalue weighted by Gasteiger charge is -2.12. The van der Waals surface area contributed by atoms with Crippen LogP contribution in [0.1, 0.15) is 23.6 Å². The van der Waals surface area contributed by atoms with Crippen molar-refractivity contribution in [3.8, 4) is 5.75 Å². The highest BCUT2D eigenvalue weighted by Gasteiger charge is 2.04. The molecule has 28 heavy (non-hydrogen) atoms. The van der Waals surface area contributed by atoms with Gasteiger partial charge in [0.1, 0.15) is 11.6 Å². The van der Waals surface area contributed by atoms with Crippen molar-refractivity contribution in [3.05, 3.63) is 65.0 Å². The summed E-state index contributed by atoms with van der Waals surface area (Å²) in [5.74, 6) is 1.34. The molecule has 2 rings (SSSR count). The van der Waals surface area contributed by atoms with Crippen molar-refractivity contribution in [2.24, 2.45) is 4.99 Å². The Bertz CT molecular complexity index is 739. The van der Waals surface area contributed by atoms with Gasteiger partial charge in [-0.2, -0.15) is 0 Å². The first kappa shape index (κ1) is 24.2. The lowest BCUT2D eigenvalue weighted by Crippen LogP contribution is -2.38. The monoisotopic (exact) mass is 501 g/mol. The molecule has 0 aliphatic heterocycles. The van der Waals surface area contributed by atoms with Crippen molar-refractivity contribution in [1.82, 2.24) is 10.6 Å². The van der Waals surface area contributed by atoms with Crippen LogP contribution in [0.2, 0.25) is 0 Å². The highest BCUT2D eigenvalue weighted by Crippen LogP contribution is 2.13. The zero-order chi connectivity index (χ0) is 19.5. The molecule has 2 aromatic carbocycles. The molecule has 2 aromatic rings. The van der Waals surface area contributed by atoms with Crippen LogP contribution in [0.4, 0.5) is 4.39 Å². The molecule has 5 nitrogen and oxygen atoms in total. The van der Waals surface area contributed by atoms with Crippen molar-refractivity contribution in [3.63, 3.8) is 0 Å². The van der Waals surface area contributed by atoms with E-state index in [4.69, 9.17) is 9.47 Å². The molecule has 0 aliphatic carbocycles. The molecule has 7 heteroatoms. The maximum Gasteiger partial charge on any atom is 0.191 e. The van der Waals surface area contributed by atoms with Gasteiger partial charge < -0.3 is 20.1 Å². The second kappa shape index (κ2) is 13.3. The van der Waals surface area contributed by atoms with Crippen molar-refractivity contribution in [2.75, 3.05) is 27.3 Å².